The van der Waals surface area contributed by atoms with Crippen LogP contribution in [0.5, 0.6) is 0 Å². The number of carbonyl (C=O) groups excluding carboxylic acids is 3. The first-order chi connectivity index (χ1) is 12.5. The zero-order valence-electron chi connectivity index (χ0n) is 14.2. The molecule has 134 valence electrons. The van der Waals surface area contributed by atoms with Crippen LogP contribution in [0.3, 0.4) is 0 Å². The summed E-state index contributed by atoms with van der Waals surface area (Å²) in [6.45, 7) is 4.09. The van der Waals surface area contributed by atoms with E-state index in [0.29, 0.717) is 34.2 Å². The topological polar surface area (TPSA) is 91.4 Å². The number of hydrogen-bond acceptors (Lipinski definition) is 5. The van der Waals surface area contributed by atoms with E-state index in [1.165, 1.54) is 22.3 Å². The molecule has 2 N–H and O–H groups in total. The van der Waals surface area contributed by atoms with Crippen LogP contribution in [0.4, 0.5) is 10.8 Å². The summed E-state index contributed by atoms with van der Waals surface area (Å²) in [7, 11) is 1.63. The summed E-state index contributed by atoms with van der Waals surface area (Å²) >= 11 is 1.18. The molecule has 2 heterocycles. The molecule has 1 aliphatic rings. The molecule has 0 aliphatic carbocycles. The lowest BCUT2D eigenvalue weighted by molar-refractivity contribution is -0.113. The molecule has 0 saturated carbocycles. The summed E-state index contributed by atoms with van der Waals surface area (Å²) in [6.07, 6.45) is 2.76. The van der Waals surface area contributed by atoms with Crippen LogP contribution in [0.1, 0.15) is 32.1 Å². The maximum atomic E-state index is 12.4. The van der Waals surface area contributed by atoms with Crippen molar-refractivity contribution in [2.75, 3.05) is 23.8 Å². The van der Waals surface area contributed by atoms with E-state index in [-0.39, 0.29) is 17.7 Å². The predicted molar refractivity (Wildman–Crippen MR) is 101 cm³/mol. The molecular weight excluding hydrogens is 352 g/mol. The van der Waals surface area contributed by atoms with Crippen molar-refractivity contribution >= 4 is 39.9 Å². The van der Waals surface area contributed by atoms with E-state index in [1.54, 1.807) is 31.3 Å². The molecule has 0 bridgehead atoms. The van der Waals surface area contributed by atoms with Gasteiger partial charge in [-0.15, -0.1) is 0 Å². The molecule has 3 rings (SSSR count). The minimum atomic E-state index is -0.321. The van der Waals surface area contributed by atoms with Crippen LogP contribution in [-0.4, -0.2) is 36.3 Å². The maximum Gasteiger partial charge on any atom is 0.263 e. The highest BCUT2D eigenvalue weighted by atomic mass is 32.1. The molecule has 0 radical (unpaired) electrons. The Kier molecular flexibility index (Phi) is 5.13. The number of carbonyl (C=O) groups is 3. The largest absolute Gasteiger partial charge is 0.351 e. The van der Waals surface area contributed by atoms with Crippen molar-refractivity contribution in [2.24, 2.45) is 0 Å². The quantitative estimate of drug-likeness (QED) is 0.808. The van der Waals surface area contributed by atoms with Gasteiger partial charge in [-0.1, -0.05) is 17.9 Å². The Morgan fingerprint density at radius 1 is 1.35 bits per heavy atom. The number of thiazole rings is 1. The molecule has 2 aromatic rings. The molecule has 0 fully saturated rings. The van der Waals surface area contributed by atoms with Crippen molar-refractivity contribution in [1.29, 1.82) is 0 Å². The summed E-state index contributed by atoms with van der Waals surface area (Å²) < 4.78 is 0. The van der Waals surface area contributed by atoms with Gasteiger partial charge in [0.15, 0.2) is 5.13 Å². The van der Waals surface area contributed by atoms with Crippen LogP contribution in [0.2, 0.25) is 0 Å². The van der Waals surface area contributed by atoms with E-state index in [4.69, 9.17) is 0 Å². The average Bonchev–Trinajstić information content (AvgIpc) is 2.98. The van der Waals surface area contributed by atoms with E-state index in [0.717, 1.165) is 12.1 Å². The molecule has 0 spiro atoms. The van der Waals surface area contributed by atoms with Gasteiger partial charge in [0.2, 0.25) is 5.91 Å². The smallest absolute Gasteiger partial charge is 0.263 e. The molecule has 7 nitrogen and oxygen atoms in total. The molecule has 1 aromatic heterocycles. The first-order valence-electron chi connectivity index (χ1n) is 8.09. The minimum absolute atomic E-state index is 0.144. The van der Waals surface area contributed by atoms with Crippen molar-refractivity contribution < 1.29 is 14.4 Å². The first-order valence-corrected chi connectivity index (χ1v) is 8.90. The average molecular weight is 370 g/mol. The summed E-state index contributed by atoms with van der Waals surface area (Å²) in [5, 5.41) is 5.94. The van der Waals surface area contributed by atoms with Crippen LogP contribution in [0.25, 0.3) is 0 Å². The number of aryl methyl sites for hydroxylation is 1. The van der Waals surface area contributed by atoms with Crippen LogP contribution < -0.4 is 15.5 Å². The highest BCUT2D eigenvalue weighted by molar-refractivity contribution is 7.17. The first kappa shape index (κ1) is 17.8. The SMILES string of the molecule is C=CC(=O)N(C)c1ccc(C(=O)Nc2nc3c(s2)C(=O)NCCC3)cc1. The van der Waals surface area contributed by atoms with Crippen molar-refractivity contribution in [3.05, 3.63) is 53.1 Å². The Hall–Kier alpha value is -3.00. The lowest BCUT2D eigenvalue weighted by atomic mass is 10.2. The second-order valence-electron chi connectivity index (χ2n) is 5.76. The summed E-state index contributed by atoms with van der Waals surface area (Å²) in [6, 6.07) is 6.62. The molecule has 0 unspecified atom stereocenters. The molecule has 26 heavy (non-hydrogen) atoms. The summed E-state index contributed by atoms with van der Waals surface area (Å²) in [5.74, 6) is -0.696. The van der Waals surface area contributed by atoms with Crippen molar-refractivity contribution in [2.45, 2.75) is 12.8 Å². The zero-order valence-corrected chi connectivity index (χ0v) is 15.1. The number of rotatable bonds is 4. The molecule has 0 saturated heterocycles. The van der Waals surface area contributed by atoms with Gasteiger partial charge in [-0.05, 0) is 43.2 Å². The van der Waals surface area contributed by atoms with Crippen molar-refractivity contribution in [1.82, 2.24) is 10.3 Å². The summed E-state index contributed by atoms with van der Waals surface area (Å²) in [5.41, 5.74) is 1.81. The van der Waals surface area contributed by atoms with E-state index < -0.39 is 0 Å². The van der Waals surface area contributed by atoms with E-state index in [1.807, 2.05) is 0 Å². The predicted octanol–water partition coefficient (Wildman–Crippen LogP) is 2.22. The number of aromatic nitrogens is 1. The normalized spacial score (nSPS) is 13.2. The van der Waals surface area contributed by atoms with Crippen LogP contribution >= 0.6 is 11.3 Å². The second kappa shape index (κ2) is 7.49. The minimum Gasteiger partial charge on any atom is -0.351 e. The lowest BCUT2D eigenvalue weighted by Crippen LogP contribution is -2.23. The van der Waals surface area contributed by atoms with Gasteiger partial charge in [0, 0.05) is 24.8 Å². The van der Waals surface area contributed by atoms with Gasteiger partial charge in [-0.2, -0.15) is 0 Å². The number of likely N-dealkylation sites (N-methyl/N-ethyl adjacent to an activating group) is 1. The Labute approximate surface area is 154 Å². The Balaban J connectivity index is 1.72. The Bertz CT molecular complexity index is 873. The summed E-state index contributed by atoms with van der Waals surface area (Å²) in [4.78, 5) is 42.3. The molecule has 1 aliphatic heterocycles. The molecule has 0 atom stereocenters. The van der Waals surface area contributed by atoms with Gasteiger partial charge < -0.3 is 10.2 Å². The van der Waals surface area contributed by atoms with Gasteiger partial charge >= 0.3 is 0 Å². The van der Waals surface area contributed by atoms with Gasteiger partial charge in [0.1, 0.15) is 4.88 Å². The number of nitrogens with one attached hydrogen (secondary N) is 2. The highest BCUT2D eigenvalue weighted by Gasteiger charge is 2.21. The van der Waals surface area contributed by atoms with E-state index in [2.05, 4.69) is 22.2 Å². The number of fused-ring (bicyclic) bond motifs is 1. The molecule has 1 aromatic carbocycles. The lowest BCUT2D eigenvalue weighted by Gasteiger charge is -2.15. The van der Waals surface area contributed by atoms with Crippen LogP contribution in [0.15, 0.2) is 36.9 Å². The fraction of sp³-hybridized carbons (Fsp3) is 0.222. The monoisotopic (exact) mass is 370 g/mol. The Morgan fingerprint density at radius 3 is 2.77 bits per heavy atom. The van der Waals surface area contributed by atoms with Gasteiger partial charge in [0.05, 0.1) is 5.69 Å². The standard InChI is InChI=1S/C18H18N4O3S/c1-3-14(23)22(2)12-8-6-11(7-9-12)16(24)21-18-20-13-5-4-10-19-17(25)15(13)26-18/h3,6-9H,1,4-5,10H2,2H3,(H,19,25)(H,20,21,24). The maximum absolute atomic E-state index is 12.4. The third kappa shape index (κ3) is 3.65. The molecular formula is C18H18N4O3S. The third-order valence-corrected chi connectivity index (χ3v) is 5.03. The van der Waals surface area contributed by atoms with E-state index in [9.17, 15) is 14.4 Å². The van der Waals surface area contributed by atoms with Crippen LogP contribution in [0, 0.1) is 0 Å². The van der Waals surface area contributed by atoms with Gasteiger partial charge in [-0.3, -0.25) is 19.7 Å². The number of amides is 3. The zero-order chi connectivity index (χ0) is 18.7. The fourth-order valence-corrected chi connectivity index (χ4v) is 3.48. The fourth-order valence-electron chi connectivity index (χ4n) is 2.56. The Morgan fingerprint density at radius 2 is 2.08 bits per heavy atom. The van der Waals surface area contributed by atoms with Gasteiger partial charge in [0.25, 0.3) is 11.8 Å². The highest BCUT2D eigenvalue weighted by Crippen LogP contribution is 2.26. The van der Waals surface area contributed by atoms with E-state index >= 15 is 0 Å². The number of benzene rings is 1. The number of anilines is 2. The van der Waals surface area contributed by atoms with Crippen LogP contribution in [-0.2, 0) is 11.2 Å². The molecule has 8 heteroatoms. The number of nitrogens with zero attached hydrogens (tertiary/aromatic N) is 2. The van der Waals surface area contributed by atoms with Gasteiger partial charge in [-0.25, -0.2) is 4.98 Å². The molecule has 3 amide bonds. The van der Waals surface area contributed by atoms with Crippen molar-refractivity contribution in [3.8, 4) is 0 Å². The van der Waals surface area contributed by atoms with Crippen molar-refractivity contribution in [3.63, 3.8) is 0 Å². The third-order valence-electron chi connectivity index (χ3n) is 4.02. The second-order valence-corrected chi connectivity index (χ2v) is 6.76. The number of hydrogen-bond donors (Lipinski definition) is 2.